The third-order valence-electron chi connectivity index (χ3n) is 3.75. The summed E-state index contributed by atoms with van der Waals surface area (Å²) >= 11 is 0. The van der Waals surface area contributed by atoms with E-state index in [1.54, 1.807) is 31.5 Å². The van der Waals surface area contributed by atoms with Crippen molar-refractivity contribution < 1.29 is 14.3 Å². The lowest BCUT2D eigenvalue weighted by Crippen LogP contribution is -2.20. The maximum atomic E-state index is 12.0. The molecule has 0 aliphatic rings. The molecular formula is C21H22N2O3. The predicted octanol–water partition coefficient (Wildman–Crippen LogP) is 3.02. The second-order valence-corrected chi connectivity index (χ2v) is 5.80. The number of terminal acetylenes is 1. The van der Waals surface area contributed by atoms with Gasteiger partial charge < -0.3 is 9.47 Å². The molecule has 5 nitrogen and oxygen atoms in total. The summed E-state index contributed by atoms with van der Waals surface area (Å²) < 4.78 is 10.7. The maximum absolute atomic E-state index is 12.0. The van der Waals surface area contributed by atoms with Gasteiger partial charge in [-0.1, -0.05) is 29.7 Å². The number of hydrogen-bond donors (Lipinski definition) is 1. The third-order valence-corrected chi connectivity index (χ3v) is 3.75. The van der Waals surface area contributed by atoms with Crippen molar-refractivity contribution in [2.75, 3.05) is 13.7 Å². The highest BCUT2D eigenvalue weighted by Gasteiger charge is 2.06. The fourth-order valence-corrected chi connectivity index (χ4v) is 2.44. The maximum Gasteiger partial charge on any atom is 0.244 e. The fourth-order valence-electron chi connectivity index (χ4n) is 2.44. The van der Waals surface area contributed by atoms with Gasteiger partial charge in [-0.3, -0.25) is 4.79 Å². The van der Waals surface area contributed by atoms with E-state index in [2.05, 4.69) is 22.5 Å². The molecule has 2 aromatic carbocycles. The van der Waals surface area contributed by atoms with Gasteiger partial charge in [-0.05, 0) is 48.7 Å². The zero-order valence-electron chi connectivity index (χ0n) is 15.2. The van der Waals surface area contributed by atoms with E-state index in [0.717, 1.165) is 16.7 Å². The van der Waals surface area contributed by atoms with Crippen LogP contribution in [0.25, 0.3) is 0 Å². The minimum absolute atomic E-state index is 0.165. The first kappa shape index (κ1) is 19.1. The van der Waals surface area contributed by atoms with E-state index in [-0.39, 0.29) is 18.9 Å². The van der Waals surface area contributed by atoms with Gasteiger partial charge in [0.2, 0.25) is 5.91 Å². The average Bonchev–Trinajstić information content (AvgIpc) is 2.62. The molecule has 134 valence electrons. The lowest BCUT2D eigenvalue weighted by Gasteiger charge is -2.09. The first-order valence-corrected chi connectivity index (χ1v) is 8.16. The minimum atomic E-state index is -0.172. The number of methoxy groups -OCH3 is 1. The van der Waals surface area contributed by atoms with Crippen LogP contribution >= 0.6 is 0 Å². The Morgan fingerprint density at radius 1 is 1.23 bits per heavy atom. The number of amides is 1. The number of aryl methyl sites for hydroxylation is 2. The summed E-state index contributed by atoms with van der Waals surface area (Å²) in [7, 11) is 1.55. The van der Waals surface area contributed by atoms with E-state index in [1.165, 1.54) is 5.56 Å². The van der Waals surface area contributed by atoms with Gasteiger partial charge >= 0.3 is 0 Å². The normalized spacial score (nSPS) is 10.4. The molecule has 0 aromatic heterocycles. The number of ether oxygens (including phenoxy) is 2. The Morgan fingerprint density at radius 3 is 2.73 bits per heavy atom. The summed E-state index contributed by atoms with van der Waals surface area (Å²) in [6.45, 7) is 4.19. The molecule has 2 aromatic rings. The Balaban J connectivity index is 1.97. The summed E-state index contributed by atoms with van der Waals surface area (Å²) in [4.78, 5) is 12.0. The van der Waals surface area contributed by atoms with E-state index in [4.69, 9.17) is 15.9 Å². The zero-order valence-corrected chi connectivity index (χ0v) is 15.2. The largest absolute Gasteiger partial charge is 0.493 e. The smallest absolute Gasteiger partial charge is 0.244 e. The van der Waals surface area contributed by atoms with Crippen LogP contribution in [0.3, 0.4) is 0 Å². The topological polar surface area (TPSA) is 59.9 Å². The van der Waals surface area contributed by atoms with Gasteiger partial charge in [0.05, 0.1) is 19.7 Å². The number of carbonyl (C=O) groups excluding carboxylic acids is 1. The van der Waals surface area contributed by atoms with E-state index in [1.807, 2.05) is 26.0 Å². The second-order valence-electron chi connectivity index (χ2n) is 5.80. The average molecular weight is 350 g/mol. The molecule has 0 atom stereocenters. The molecule has 0 aliphatic carbocycles. The van der Waals surface area contributed by atoms with Gasteiger partial charge in [0.15, 0.2) is 11.5 Å². The monoisotopic (exact) mass is 350 g/mol. The first-order valence-electron chi connectivity index (χ1n) is 8.16. The van der Waals surface area contributed by atoms with Crippen molar-refractivity contribution in [2.24, 2.45) is 5.10 Å². The molecule has 26 heavy (non-hydrogen) atoms. The summed E-state index contributed by atoms with van der Waals surface area (Å²) in [5.41, 5.74) is 6.56. The van der Waals surface area contributed by atoms with Crippen LogP contribution < -0.4 is 14.9 Å². The van der Waals surface area contributed by atoms with Crippen molar-refractivity contribution in [3.05, 3.63) is 58.7 Å². The Hall–Kier alpha value is -3.26. The van der Waals surface area contributed by atoms with Gasteiger partial charge in [0, 0.05) is 0 Å². The van der Waals surface area contributed by atoms with Crippen molar-refractivity contribution in [3.63, 3.8) is 0 Å². The van der Waals surface area contributed by atoms with Crippen molar-refractivity contribution in [2.45, 2.75) is 20.3 Å². The highest BCUT2D eigenvalue weighted by molar-refractivity contribution is 5.84. The van der Waals surface area contributed by atoms with Crippen LogP contribution in [0.2, 0.25) is 0 Å². The molecule has 0 radical (unpaired) electrons. The van der Waals surface area contributed by atoms with E-state index >= 15 is 0 Å². The molecule has 0 spiro atoms. The van der Waals surface area contributed by atoms with Gasteiger partial charge in [0.25, 0.3) is 0 Å². The van der Waals surface area contributed by atoms with E-state index in [0.29, 0.717) is 11.5 Å². The lowest BCUT2D eigenvalue weighted by molar-refractivity contribution is -0.120. The van der Waals surface area contributed by atoms with Crippen LogP contribution in [0.5, 0.6) is 11.5 Å². The number of hydrazone groups is 1. The van der Waals surface area contributed by atoms with Crippen LogP contribution in [-0.2, 0) is 11.2 Å². The number of hydrogen-bond acceptors (Lipinski definition) is 4. The predicted molar refractivity (Wildman–Crippen MR) is 103 cm³/mol. The second kappa shape index (κ2) is 9.28. The van der Waals surface area contributed by atoms with Gasteiger partial charge in [0.1, 0.15) is 6.61 Å². The zero-order chi connectivity index (χ0) is 18.9. The lowest BCUT2D eigenvalue weighted by atomic mass is 10.0. The molecule has 0 heterocycles. The SMILES string of the molecule is C#CCOc1ccc(/C=N/NC(=O)Cc2ccc(C)cc2C)cc1OC. The number of nitrogens with one attached hydrogen (secondary N) is 1. The standard InChI is InChI=1S/C21H22N2O3/c1-5-10-26-19-9-7-17(12-20(19)25-4)14-22-23-21(24)13-18-8-6-15(2)11-16(18)3/h1,6-9,11-12,14H,10,13H2,2-4H3,(H,23,24)/b22-14+. The van der Waals surface area contributed by atoms with Crippen molar-refractivity contribution in [3.8, 4) is 23.8 Å². The van der Waals surface area contributed by atoms with E-state index < -0.39 is 0 Å². The molecule has 0 unspecified atom stereocenters. The van der Waals surface area contributed by atoms with Crippen molar-refractivity contribution in [1.29, 1.82) is 0 Å². The fraction of sp³-hybridized carbons (Fsp3) is 0.238. The molecule has 2 rings (SSSR count). The van der Waals surface area contributed by atoms with Gasteiger partial charge in [-0.2, -0.15) is 5.10 Å². The minimum Gasteiger partial charge on any atom is -0.493 e. The Morgan fingerprint density at radius 2 is 2.04 bits per heavy atom. The number of carbonyl (C=O) groups is 1. The summed E-state index contributed by atoms with van der Waals surface area (Å²) in [5, 5.41) is 4.00. The first-order chi connectivity index (χ1) is 12.5. The number of rotatable bonds is 7. The molecule has 5 heteroatoms. The molecule has 0 saturated heterocycles. The quantitative estimate of drug-likeness (QED) is 0.474. The molecule has 0 fully saturated rings. The van der Waals surface area contributed by atoms with Gasteiger partial charge in [-0.15, -0.1) is 6.42 Å². The highest BCUT2D eigenvalue weighted by atomic mass is 16.5. The Kier molecular flexibility index (Phi) is 6.81. The molecule has 0 bridgehead atoms. The van der Waals surface area contributed by atoms with Crippen LogP contribution in [0.4, 0.5) is 0 Å². The van der Waals surface area contributed by atoms with Crippen LogP contribution in [0.1, 0.15) is 22.3 Å². The summed E-state index contributed by atoms with van der Waals surface area (Å²) in [5.74, 6) is 3.34. The molecule has 1 amide bonds. The van der Waals surface area contributed by atoms with E-state index in [9.17, 15) is 4.79 Å². The molecule has 0 aliphatic heterocycles. The number of nitrogens with zero attached hydrogens (tertiary/aromatic N) is 1. The van der Waals surface area contributed by atoms with Crippen molar-refractivity contribution >= 4 is 12.1 Å². The van der Waals surface area contributed by atoms with Crippen molar-refractivity contribution in [1.82, 2.24) is 5.43 Å². The van der Waals surface area contributed by atoms with Crippen LogP contribution in [-0.4, -0.2) is 25.8 Å². The number of benzene rings is 2. The summed E-state index contributed by atoms with van der Waals surface area (Å²) in [6.07, 6.45) is 7.02. The third kappa shape index (κ3) is 5.38. The Labute approximate surface area is 154 Å². The molecule has 0 saturated carbocycles. The molecule has 1 N–H and O–H groups in total. The van der Waals surface area contributed by atoms with Crippen LogP contribution in [0.15, 0.2) is 41.5 Å². The summed E-state index contributed by atoms with van der Waals surface area (Å²) in [6, 6.07) is 11.3. The Bertz CT molecular complexity index is 851. The van der Waals surface area contributed by atoms with Crippen LogP contribution in [0, 0.1) is 26.2 Å². The van der Waals surface area contributed by atoms with Gasteiger partial charge in [-0.25, -0.2) is 5.43 Å². The highest BCUT2D eigenvalue weighted by Crippen LogP contribution is 2.27. The molecular weight excluding hydrogens is 328 g/mol.